The van der Waals surface area contributed by atoms with Crippen molar-refractivity contribution < 1.29 is 50.0 Å². The van der Waals surface area contributed by atoms with E-state index >= 15 is 0 Å². The Labute approximate surface area is 512 Å². The molecule has 9 atom stereocenters. The molecule has 494 valence electrons. The Morgan fingerprint density at radius 2 is 0.699 bits per heavy atom. The van der Waals surface area contributed by atoms with Gasteiger partial charge in [0.2, 0.25) is 5.91 Å². The number of rotatable bonds is 65. The number of ether oxygens (including phenoxy) is 2. The monoisotopic (exact) mass is 1180 g/mol. The number of unbranched alkanes of at least 4 members (excludes halogenated alkanes) is 51. The summed E-state index contributed by atoms with van der Waals surface area (Å²) in [5.74, 6) is -0.688. The van der Waals surface area contributed by atoms with Crippen molar-refractivity contribution in [1.82, 2.24) is 5.32 Å². The van der Waals surface area contributed by atoms with Crippen LogP contribution in [0, 0.1) is 0 Å². The van der Waals surface area contributed by atoms with E-state index in [2.05, 4.69) is 31.3 Å². The van der Waals surface area contributed by atoms with Gasteiger partial charge in [0.25, 0.3) is 0 Å². The van der Waals surface area contributed by atoms with Crippen molar-refractivity contribution in [3.63, 3.8) is 0 Å². The first-order chi connectivity index (χ1) is 40.7. The zero-order chi connectivity index (χ0) is 60.3. The fourth-order valence-electron chi connectivity index (χ4n) is 12.2. The van der Waals surface area contributed by atoms with Crippen LogP contribution in [-0.4, -0.2) is 110 Å². The minimum atomic E-state index is -1.66. The third-order valence-corrected chi connectivity index (χ3v) is 18.1. The molecule has 1 amide bonds. The molecule has 1 saturated heterocycles. The van der Waals surface area contributed by atoms with E-state index in [0.29, 0.717) is 19.3 Å². The van der Waals surface area contributed by atoms with E-state index in [1.54, 1.807) is 0 Å². The minimum Gasteiger partial charge on any atom is -0.394 e. The number of carbonyl (C=O) groups is 1. The molecule has 8 N–H and O–H groups in total. The molecule has 0 spiro atoms. The molecule has 9 unspecified atom stereocenters. The van der Waals surface area contributed by atoms with Crippen LogP contribution in [0.15, 0.2) is 12.2 Å². The van der Waals surface area contributed by atoms with E-state index in [9.17, 15) is 40.5 Å². The molecule has 1 aliphatic heterocycles. The lowest BCUT2D eigenvalue weighted by atomic mass is 9.98. The van der Waals surface area contributed by atoms with Gasteiger partial charge in [0, 0.05) is 0 Å². The van der Waals surface area contributed by atoms with E-state index in [0.717, 1.165) is 38.5 Å². The summed E-state index contributed by atoms with van der Waals surface area (Å²) in [5, 5.41) is 76.6. The molecule has 0 aromatic heterocycles. The lowest BCUT2D eigenvalue weighted by molar-refractivity contribution is -0.303. The van der Waals surface area contributed by atoms with Crippen molar-refractivity contribution in [2.45, 2.75) is 428 Å². The highest BCUT2D eigenvalue weighted by Crippen LogP contribution is 2.24. The van der Waals surface area contributed by atoms with Crippen molar-refractivity contribution in [2.24, 2.45) is 0 Å². The predicted octanol–water partition coefficient (Wildman–Crippen LogP) is 17.8. The molecular formula is C72H141NO10. The third-order valence-electron chi connectivity index (χ3n) is 18.1. The van der Waals surface area contributed by atoms with Crippen molar-refractivity contribution in [3.05, 3.63) is 12.2 Å². The Hall–Kier alpha value is -1.15. The Bertz CT molecular complexity index is 1350. The minimum absolute atomic E-state index is 0.265. The Kier molecular flexibility index (Phi) is 58.8. The molecule has 0 bridgehead atoms. The average molecular weight is 1180 g/mol. The first-order valence-electron chi connectivity index (χ1n) is 36.6. The second-order valence-corrected chi connectivity index (χ2v) is 26.0. The maximum atomic E-state index is 13.3. The van der Waals surface area contributed by atoms with Crippen molar-refractivity contribution in [1.29, 1.82) is 0 Å². The molecular weight excluding hydrogens is 1040 g/mol. The molecule has 1 rings (SSSR count). The quantitative estimate of drug-likeness (QED) is 0.0215. The summed E-state index contributed by atoms with van der Waals surface area (Å²) in [6.45, 7) is 3.53. The number of carbonyl (C=O) groups excluding carboxylic acids is 1. The summed E-state index contributed by atoms with van der Waals surface area (Å²) in [5.41, 5.74) is 0. The molecule has 1 fully saturated rings. The normalized spacial score (nSPS) is 19.0. The first kappa shape index (κ1) is 79.9. The van der Waals surface area contributed by atoms with Gasteiger partial charge in [-0.05, 0) is 38.5 Å². The van der Waals surface area contributed by atoms with E-state index in [-0.39, 0.29) is 6.42 Å². The highest BCUT2D eigenvalue weighted by Gasteiger charge is 2.44. The van der Waals surface area contributed by atoms with Gasteiger partial charge in [0.1, 0.15) is 36.6 Å². The molecule has 0 radical (unpaired) electrons. The van der Waals surface area contributed by atoms with Crippen LogP contribution < -0.4 is 5.32 Å². The molecule has 0 aromatic rings. The second kappa shape index (κ2) is 61.1. The molecule has 11 nitrogen and oxygen atoms in total. The number of amides is 1. The van der Waals surface area contributed by atoms with Crippen LogP contribution in [-0.2, 0) is 14.3 Å². The largest absolute Gasteiger partial charge is 0.394 e. The van der Waals surface area contributed by atoms with Gasteiger partial charge in [-0.3, -0.25) is 4.79 Å². The van der Waals surface area contributed by atoms with Crippen LogP contribution in [0.3, 0.4) is 0 Å². The zero-order valence-corrected chi connectivity index (χ0v) is 54.7. The summed E-state index contributed by atoms with van der Waals surface area (Å²) in [4.78, 5) is 13.3. The number of nitrogens with one attached hydrogen (secondary N) is 1. The molecule has 83 heavy (non-hydrogen) atoms. The van der Waals surface area contributed by atoms with Crippen LogP contribution in [0.4, 0.5) is 0 Å². The van der Waals surface area contributed by atoms with Gasteiger partial charge < -0.3 is 50.5 Å². The lowest BCUT2D eigenvalue weighted by Gasteiger charge is -2.40. The lowest BCUT2D eigenvalue weighted by Crippen LogP contribution is -2.60. The van der Waals surface area contributed by atoms with E-state index in [1.807, 2.05) is 0 Å². The van der Waals surface area contributed by atoms with Crippen LogP contribution in [0.2, 0.25) is 0 Å². The molecule has 11 heteroatoms. The highest BCUT2D eigenvalue weighted by atomic mass is 16.7. The van der Waals surface area contributed by atoms with Crippen LogP contribution >= 0.6 is 0 Å². The van der Waals surface area contributed by atoms with Gasteiger partial charge in [0.05, 0.1) is 25.4 Å². The number of hydrogen-bond acceptors (Lipinski definition) is 10. The van der Waals surface area contributed by atoms with Gasteiger partial charge >= 0.3 is 0 Å². The Balaban J connectivity index is 2.16. The Morgan fingerprint density at radius 1 is 0.410 bits per heavy atom. The first-order valence-corrected chi connectivity index (χ1v) is 36.6. The number of aliphatic hydroxyl groups is 7. The molecule has 0 saturated carbocycles. The van der Waals surface area contributed by atoms with Crippen LogP contribution in [0.25, 0.3) is 0 Å². The Morgan fingerprint density at radius 3 is 1.01 bits per heavy atom. The average Bonchev–Trinajstić information content (AvgIpc) is 3.68. The van der Waals surface area contributed by atoms with E-state index < -0.39 is 74.2 Å². The predicted molar refractivity (Wildman–Crippen MR) is 349 cm³/mol. The summed E-state index contributed by atoms with van der Waals surface area (Å²) in [6.07, 6.45) is 64.4. The third kappa shape index (κ3) is 48.5. The number of hydrogen-bond donors (Lipinski definition) is 8. The van der Waals surface area contributed by atoms with E-state index in [1.165, 1.54) is 295 Å². The zero-order valence-electron chi connectivity index (χ0n) is 54.7. The number of allylic oxidation sites excluding steroid dienone is 2. The van der Waals surface area contributed by atoms with Crippen molar-refractivity contribution >= 4 is 5.91 Å². The summed E-state index contributed by atoms with van der Waals surface area (Å²) in [7, 11) is 0. The molecule has 1 aliphatic rings. The molecule has 0 aromatic carbocycles. The SMILES string of the molecule is CCCCCCCCCCCCCC/C=C\CCCCCCCCCCCCCCCCCCC(O)C(=O)NC(COC1OC(CO)C(O)C(O)C1O)C(O)C(O)CCCCCCCCCCCCCCCCCCCCCCCCCC. The van der Waals surface area contributed by atoms with Crippen molar-refractivity contribution in [3.8, 4) is 0 Å². The van der Waals surface area contributed by atoms with Crippen LogP contribution in [0.5, 0.6) is 0 Å². The summed E-state index contributed by atoms with van der Waals surface area (Å²) >= 11 is 0. The smallest absolute Gasteiger partial charge is 0.249 e. The van der Waals surface area contributed by atoms with Gasteiger partial charge in [-0.2, -0.15) is 0 Å². The van der Waals surface area contributed by atoms with Gasteiger partial charge in [-0.25, -0.2) is 0 Å². The van der Waals surface area contributed by atoms with Crippen LogP contribution in [0.1, 0.15) is 373 Å². The van der Waals surface area contributed by atoms with Gasteiger partial charge in [-0.1, -0.05) is 347 Å². The standard InChI is InChI=1S/C72H141NO10/c1-3-5-7-9-11-13-15-17-19-21-23-25-27-29-30-31-32-33-34-35-36-38-40-42-44-46-48-50-52-54-56-58-60-65(76)71(81)73-63(62-82-72-70(80)69(79)68(78)66(61-74)83-72)67(77)64(75)59-57-55-53-51-49-47-45-43-41-39-37-28-26-24-22-20-18-16-14-12-10-8-6-4-2/h29-30,63-70,72,74-80H,3-28,31-62H2,1-2H3,(H,73,81)/b30-29-. The van der Waals surface area contributed by atoms with E-state index in [4.69, 9.17) is 9.47 Å². The summed E-state index contributed by atoms with van der Waals surface area (Å²) < 4.78 is 11.2. The molecule has 0 aliphatic carbocycles. The highest BCUT2D eigenvalue weighted by molar-refractivity contribution is 5.80. The maximum Gasteiger partial charge on any atom is 0.249 e. The fraction of sp³-hybridized carbons (Fsp3) is 0.958. The van der Waals surface area contributed by atoms with Gasteiger partial charge in [-0.15, -0.1) is 0 Å². The number of aliphatic hydroxyl groups excluding tert-OH is 7. The fourth-order valence-corrected chi connectivity index (χ4v) is 12.2. The summed E-state index contributed by atoms with van der Waals surface area (Å²) in [6, 6.07) is -1.17. The molecule has 1 heterocycles. The maximum absolute atomic E-state index is 13.3. The van der Waals surface area contributed by atoms with Crippen molar-refractivity contribution in [2.75, 3.05) is 13.2 Å². The topological polar surface area (TPSA) is 189 Å². The second-order valence-electron chi connectivity index (χ2n) is 26.0. The van der Waals surface area contributed by atoms with Gasteiger partial charge in [0.15, 0.2) is 6.29 Å².